The van der Waals surface area contributed by atoms with Crippen molar-refractivity contribution in [2.75, 3.05) is 13.2 Å². The van der Waals surface area contributed by atoms with Gasteiger partial charge in [-0.15, -0.1) is 0 Å². The van der Waals surface area contributed by atoms with Crippen LogP contribution in [0.25, 0.3) is 0 Å². The lowest BCUT2D eigenvalue weighted by molar-refractivity contribution is 0.00704. The lowest BCUT2D eigenvalue weighted by Gasteiger charge is -2.25. The molecule has 2 heterocycles. The van der Waals surface area contributed by atoms with Gasteiger partial charge >= 0.3 is 0 Å². The third kappa shape index (κ3) is 3.53. The summed E-state index contributed by atoms with van der Waals surface area (Å²) in [6.07, 6.45) is 8.24. The Kier molecular flexibility index (Phi) is 4.58. The number of aryl methyl sites for hydroxylation is 1. The van der Waals surface area contributed by atoms with E-state index in [4.69, 9.17) is 15.2 Å². The molecular weight excluding hydrogens is 250 g/mol. The second-order valence-electron chi connectivity index (χ2n) is 6.06. The lowest BCUT2D eigenvalue weighted by atomic mass is 9.97. The van der Waals surface area contributed by atoms with Crippen molar-refractivity contribution < 1.29 is 9.47 Å². The van der Waals surface area contributed by atoms with Crippen molar-refractivity contribution in [3.05, 3.63) is 29.3 Å². The van der Waals surface area contributed by atoms with E-state index < -0.39 is 0 Å². The Morgan fingerprint density at radius 2 is 2.20 bits per heavy atom. The Morgan fingerprint density at radius 3 is 3.05 bits per heavy atom. The highest BCUT2D eigenvalue weighted by molar-refractivity contribution is 5.39. The van der Waals surface area contributed by atoms with Crippen LogP contribution in [-0.2, 0) is 17.6 Å². The third-order valence-corrected chi connectivity index (χ3v) is 4.40. The summed E-state index contributed by atoms with van der Waals surface area (Å²) in [5.74, 6) is 1.06. The fourth-order valence-corrected chi connectivity index (χ4v) is 3.20. The SMILES string of the molecule is NC(CCc1ccc2c(c1)CCO2)CC1CCCCO1. The molecule has 1 saturated heterocycles. The molecule has 0 aliphatic carbocycles. The molecule has 0 spiro atoms. The van der Waals surface area contributed by atoms with E-state index in [-0.39, 0.29) is 6.04 Å². The van der Waals surface area contributed by atoms with Gasteiger partial charge in [-0.25, -0.2) is 0 Å². The molecule has 2 aliphatic rings. The van der Waals surface area contributed by atoms with E-state index in [1.165, 1.54) is 30.4 Å². The van der Waals surface area contributed by atoms with Gasteiger partial charge in [-0.2, -0.15) is 0 Å². The first-order valence-corrected chi connectivity index (χ1v) is 7.93. The number of hydrogen-bond donors (Lipinski definition) is 1. The molecule has 110 valence electrons. The van der Waals surface area contributed by atoms with Crippen molar-refractivity contribution in [1.82, 2.24) is 0 Å². The van der Waals surface area contributed by atoms with E-state index in [1.807, 2.05) is 0 Å². The van der Waals surface area contributed by atoms with Gasteiger partial charge in [0.2, 0.25) is 0 Å². The number of benzene rings is 1. The molecule has 1 fully saturated rings. The molecule has 0 aromatic heterocycles. The molecule has 1 aromatic rings. The van der Waals surface area contributed by atoms with Crippen molar-refractivity contribution >= 4 is 0 Å². The fraction of sp³-hybridized carbons (Fsp3) is 0.647. The minimum Gasteiger partial charge on any atom is -0.493 e. The summed E-state index contributed by atoms with van der Waals surface area (Å²) in [6.45, 7) is 1.75. The van der Waals surface area contributed by atoms with Crippen LogP contribution in [0.15, 0.2) is 18.2 Å². The van der Waals surface area contributed by atoms with Gasteiger partial charge in [0.1, 0.15) is 5.75 Å². The summed E-state index contributed by atoms with van der Waals surface area (Å²) in [7, 11) is 0. The molecule has 0 bridgehead atoms. The predicted octanol–water partition coefficient (Wildman–Crippen LogP) is 2.84. The van der Waals surface area contributed by atoms with Crippen LogP contribution in [0.2, 0.25) is 0 Å². The van der Waals surface area contributed by atoms with Crippen molar-refractivity contribution in [1.29, 1.82) is 0 Å². The van der Waals surface area contributed by atoms with Crippen molar-refractivity contribution in [3.8, 4) is 5.75 Å². The summed E-state index contributed by atoms with van der Waals surface area (Å²) in [5, 5.41) is 0. The zero-order valence-electron chi connectivity index (χ0n) is 12.1. The van der Waals surface area contributed by atoms with Gasteiger partial charge < -0.3 is 15.2 Å². The van der Waals surface area contributed by atoms with Gasteiger partial charge in [0.15, 0.2) is 0 Å². The molecule has 2 unspecified atom stereocenters. The molecule has 0 radical (unpaired) electrons. The van der Waals surface area contributed by atoms with Crippen LogP contribution in [0.4, 0.5) is 0 Å². The van der Waals surface area contributed by atoms with Crippen LogP contribution in [0.1, 0.15) is 43.2 Å². The highest BCUT2D eigenvalue weighted by Gasteiger charge is 2.17. The number of fused-ring (bicyclic) bond motifs is 1. The molecule has 3 heteroatoms. The van der Waals surface area contributed by atoms with Gasteiger partial charge in [0.05, 0.1) is 12.7 Å². The average molecular weight is 275 g/mol. The molecule has 20 heavy (non-hydrogen) atoms. The van der Waals surface area contributed by atoms with E-state index >= 15 is 0 Å². The Balaban J connectivity index is 1.46. The summed E-state index contributed by atoms with van der Waals surface area (Å²) < 4.78 is 11.3. The van der Waals surface area contributed by atoms with E-state index in [0.717, 1.165) is 44.6 Å². The topological polar surface area (TPSA) is 44.5 Å². The first-order chi connectivity index (χ1) is 9.81. The summed E-state index contributed by atoms with van der Waals surface area (Å²) in [6, 6.07) is 6.82. The van der Waals surface area contributed by atoms with Gasteiger partial charge in [0.25, 0.3) is 0 Å². The second-order valence-corrected chi connectivity index (χ2v) is 6.06. The first-order valence-electron chi connectivity index (χ1n) is 7.93. The predicted molar refractivity (Wildman–Crippen MR) is 80.1 cm³/mol. The molecule has 3 nitrogen and oxygen atoms in total. The lowest BCUT2D eigenvalue weighted by Crippen LogP contribution is -2.30. The monoisotopic (exact) mass is 275 g/mol. The molecular formula is C17H25NO2. The van der Waals surface area contributed by atoms with Gasteiger partial charge in [-0.05, 0) is 55.7 Å². The Bertz CT molecular complexity index is 441. The molecule has 3 rings (SSSR count). The number of hydrogen-bond acceptors (Lipinski definition) is 3. The minimum absolute atomic E-state index is 0.252. The molecule has 2 atom stereocenters. The molecule has 1 aromatic carbocycles. The summed E-state index contributed by atoms with van der Waals surface area (Å²) in [5.41, 5.74) is 9.00. The van der Waals surface area contributed by atoms with Crippen LogP contribution in [0.3, 0.4) is 0 Å². The minimum atomic E-state index is 0.252. The quantitative estimate of drug-likeness (QED) is 0.898. The van der Waals surface area contributed by atoms with Crippen LogP contribution in [0, 0.1) is 0 Å². The van der Waals surface area contributed by atoms with E-state index in [2.05, 4.69) is 18.2 Å². The molecule has 2 aliphatic heterocycles. The normalized spacial score (nSPS) is 23.1. The first kappa shape index (κ1) is 13.9. The van der Waals surface area contributed by atoms with E-state index in [1.54, 1.807) is 0 Å². The van der Waals surface area contributed by atoms with Crippen molar-refractivity contribution in [2.45, 2.75) is 57.1 Å². The molecule has 2 N–H and O–H groups in total. The maximum absolute atomic E-state index is 6.26. The smallest absolute Gasteiger partial charge is 0.122 e. The highest BCUT2D eigenvalue weighted by Crippen LogP contribution is 2.26. The summed E-state index contributed by atoms with van der Waals surface area (Å²) in [4.78, 5) is 0. The second kappa shape index (κ2) is 6.59. The number of nitrogens with two attached hydrogens (primary N) is 1. The van der Waals surface area contributed by atoms with Gasteiger partial charge in [-0.3, -0.25) is 0 Å². The van der Waals surface area contributed by atoms with Crippen LogP contribution in [0.5, 0.6) is 5.75 Å². The van der Waals surface area contributed by atoms with Crippen LogP contribution in [-0.4, -0.2) is 25.4 Å². The Hall–Kier alpha value is -1.06. The van der Waals surface area contributed by atoms with Crippen LogP contribution < -0.4 is 10.5 Å². The molecule has 0 amide bonds. The maximum atomic E-state index is 6.26. The Labute approximate surface area is 121 Å². The zero-order chi connectivity index (χ0) is 13.8. The standard InChI is InChI=1S/C17H25NO2/c18-15(12-16-3-1-2-9-19-16)6-4-13-5-7-17-14(11-13)8-10-20-17/h5,7,11,15-16H,1-4,6,8-10,12,18H2. The number of rotatable bonds is 5. The van der Waals surface area contributed by atoms with Crippen molar-refractivity contribution in [3.63, 3.8) is 0 Å². The Morgan fingerprint density at radius 1 is 1.25 bits per heavy atom. The largest absolute Gasteiger partial charge is 0.493 e. The average Bonchev–Trinajstić information content (AvgIpc) is 2.93. The number of ether oxygens (including phenoxy) is 2. The van der Waals surface area contributed by atoms with Gasteiger partial charge in [-0.1, -0.05) is 12.1 Å². The van der Waals surface area contributed by atoms with Crippen molar-refractivity contribution in [2.24, 2.45) is 5.73 Å². The van der Waals surface area contributed by atoms with E-state index in [9.17, 15) is 0 Å². The van der Waals surface area contributed by atoms with E-state index in [0.29, 0.717) is 6.10 Å². The molecule has 0 saturated carbocycles. The van der Waals surface area contributed by atoms with Gasteiger partial charge in [0, 0.05) is 19.1 Å². The van der Waals surface area contributed by atoms with Crippen LogP contribution >= 0.6 is 0 Å². The zero-order valence-corrected chi connectivity index (χ0v) is 12.1. The summed E-state index contributed by atoms with van der Waals surface area (Å²) >= 11 is 0. The highest BCUT2D eigenvalue weighted by atomic mass is 16.5. The third-order valence-electron chi connectivity index (χ3n) is 4.40. The maximum Gasteiger partial charge on any atom is 0.122 e. The fourth-order valence-electron chi connectivity index (χ4n) is 3.20.